The lowest BCUT2D eigenvalue weighted by Crippen LogP contribution is -2.15. The second-order valence-electron chi connectivity index (χ2n) is 2.46. The fourth-order valence-electron chi connectivity index (χ4n) is 0.957. The molecule has 11 heavy (non-hydrogen) atoms. The summed E-state index contributed by atoms with van der Waals surface area (Å²) >= 11 is 0. The average Bonchev–Trinajstić information content (AvgIpc) is 2.07. The summed E-state index contributed by atoms with van der Waals surface area (Å²) in [4.78, 5) is 3.90. The lowest BCUT2D eigenvalue weighted by atomic mass is 10.1. The Bertz CT molecular complexity index is 198. The van der Waals surface area contributed by atoms with Crippen molar-refractivity contribution in [2.24, 2.45) is 11.5 Å². The number of aromatic nitrogens is 1. The Hall–Kier alpha value is -0.930. The minimum absolute atomic E-state index is 0.0583. The van der Waals surface area contributed by atoms with E-state index in [1.807, 2.05) is 12.1 Å². The number of rotatable bonds is 3. The Labute approximate surface area is 66.4 Å². The molecule has 0 radical (unpaired) electrons. The van der Waals surface area contributed by atoms with Crippen LogP contribution in [0.15, 0.2) is 24.5 Å². The predicted molar refractivity (Wildman–Crippen MR) is 44.8 cm³/mol. The molecule has 0 saturated carbocycles. The van der Waals surface area contributed by atoms with Crippen molar-refractivity contribution in [3.63, 3.8) is 0 Å². The van der Waals surface area contributed by atoms with Crippen molar-refractivity contribution in [2.45, 2.75) is 12.5 Å². The molecule has 1 rings (SSSR count). The lowest BCUT2D eigenvalue weighted by molar-refractivity contribution is 0.660. The topological polar surface area (TPSA) is 64.9 Å². The number of nitrogens with two attached hydrogens (primary N) is 2. The molecule has 1 aromatic rings. The SMILES string of the molecule is NCC[C@@H](N)c1ccncc1. The summed E-state index contributed by atoms with van der Waals surface area (Å²) in [6.07, 6.45) is 4.31. The zero-order valence-electron chi connectivity index (χ0n) is 6.40. The highest BCUT2D eigenvalue weighted by Crippen LogP contribution is 2.10. The molecule has 1 aromatic heterocycles. The molecule has 3 heteroatoms. The van der Waals surface area contributed by atoms with Gasteiger partial charge in [0.1, 0.15) is 0 Å². The van der Waals surface area contributed by atoms with Crippen LogP contribution in [0.2, 0.25) is 0 Å². The fraction of sp³-hybridized carbons (Fsp3) is 0.375. The van der Waals surface area contributed by atoms with E-state index in [-0.39, 0.29) is 6.04 Å². The maximum atomic E-state index is 5.80. The number of pyridine rings is 1. The van der Waals surface area contributed by atoms with Crippen molar-refractivity contribution < 1.29 is 0 Å². The van der Waals surface area contributed by atoms with E-state index in [1.165, 1.54) is 0 Å². The molecule has 0 fully saturated rings. The Morgan fingerprint density at radius 3 is 2.55 bits per heavy atom. The van der Waals surface area contributed by atoms with E-state index in [2.05, 4.69) is 4.98 Å². The van der Waals surface area contributed by atoms with Crippen LogP contribution in [0.5, 0.6) is 0 Å². The normalized spacial score (nSPS) is 12.9. The molecule has 0 amide bonds. The first-order valence-electron chi connectivity index (χ1n) is 3.70. The van der Waals surface area contributed by atoms with E-state index in [0.29, 0.717) is 6.54 Å². The Kier molecular flexibility index (Phi) is 3.01. The van der Waals surface area contributed by atoms with E-state index in [4.69, 9.17) is 11.5 Å². The largest absolute Gasteiger partial charge is 0.330 e. The van der Waals surface area contributed by atoms with Gasteiger partial charge in [-0.1, -0.05) is 0 Å². The van der Waals surface area contributed by atoms with Crippen LogP contribution in [0.25, 0.3) is 0 Å². The highest BCUT2D eigenvalue weighted by molar-refractivity contribution is 5.14. The number of hydrogen-bond acceptors (Lipinski definition) is 3. The van der Waals surface area contributed by atoms with Gasteiger partial charge in [0.15, 0.2) is 0 Å². The minimum atomic E-state index is 0.0583. The van der Waals surface area contributed by atoms with Crippen molar-refractivity contribution in [1.82, 2.24) is 4.98 Å². The van der Waals surface area contributed by atoms with Gasteiger partial charge in [0, 0.05) is 18.4 Å². The summed E-state index contributed by atoms with van der Waals surface area (Å²) in [5, 5.41) is 0. The van der Waals surface area contributed by atoms with Crippen LogP contribution in [0, 0.1) is 0 Å². The summed E-state index contributed by atoms with van der Waals surface area (Å²) in [6.45, 7) is 0.628. The van der Waals surface area contributed by atoms with Gasteiger partial charge in [0.05, 0.1) is 0 Å². The molecule has 0 bridgehead atoms. The molecule has 0 aliphatic carbocycles. The molecule has 1 heterocycles. The molecule has 60 valence electrons. The fourth-order valence-corrected chi connectivity index (χ4v) is 0.957. The summed E-state index contributed by atoms with van der Waals surface area (Å²) in [5.41, 5.74) is 12.3. The molecule has 0 aliphatic rings. The quantitative estimate of drug-likeness (QED) is 0.658. The molecule has 0 aromatic carbocycles. The number of hydrogen-bond donors (Lipinski definition) is 2. The van der Waals surface area contributed by atoms with E-state index < -0.39 is 0 Å². The van der Waals surface area contributed by atoms with Crippen molar-refractivity contribution in [3.8, 4) is 0 Å². The minimum Gasteiger partial charge on any atom is -0.330 e. The van der Waals surface area contributed by atoms with Gasteiger partial charge >= 0.3 is 0 Å². The van der Waals surface area contributed by atoms with Gasteiger partial charge in [0.25, 0.3) is 0 Å². The third kappa shape index (κ3) is 2.29. The first-order valence-corrected chi connectivity index (χ1v) is 3.70. The molecule has 1 atom stereocenters. The summed E-state index contributed by atoms with van der Waals surface area (Å²) in [6, 6.07) is 3.89. The van der Waals surface area contributed by atoms with Crippen LogP contribution in [0.4, 0.5) is 0 Å². The van der Waals surface area contributed by atoms with E-state index in [0.717, 1.165) is 12.0 Å². The second kappa shape index (κ2) is 4.05. The van der Waals surface area contributed by atoms with Gasteiger partial charge in [0.2, 0.25) is 0 Å². The zero-order valence-corrected chi connectivity index (χ0v) is 6.40. The van der Waals surface area contributed by atoms with Gasteiger partial charge in [-0.05, 0) is 30.7 Å². The summed E-state index contributed by atoms with van der Waals surface area (Å²) < 4.78 is 0. The highest BCUT2D eigenvalue weighted by atomic mass is 14.7. The van der Waals surface area contributed by atoms with Crippen molar-refractivity contribution in [3.05, 3.63) is 30.1 Å². The lowest BCUT2D eigenvalue weighted by Gasteiger charge is -2.08. The van der Waals surface area contributed by atoms with Crippen molar-refractivity contribution >= 4 is 0 Å². The Morgan fingerprint density at radius 2 is 2.00 bits per heavy atom. The maximum Gasteiger partial charge on any atom is 0.0308 e. The first kappa shape index (κ1) is 8.17. The predicted octanol–water partition coefficient (Wildman–Crippen LogP) is 0.430. The van der Waals surface area contributed by atoms with E-state index in [9.17, 15) is 0 Å². The Morgan fingerprint density at radius 1 is 1.36 bits per heavy atom. The van der Waals surface area contributed by atoms with Crippen molar-refractivity contribution in [1.29, 1.82) is 0 Å². The standard InChI is InChI=1S/C8H13N3/c9-4-1-8(10)7-2-5-11-6-3-7/h2-3,5-6,8H,1,4,9-10H2/t8-/m1/s1. The van der Waals surface area contributed by atoms with E-state index >= 15 is 0 Å². The smallest absolute Gasteiger partial charge is 0.0308 e. The average molecular weight is 151 g/mol. The van der Waals surface area contributed by atoms with Gasteiger partial charge in [-0.15, -0.1) is 0 Å². The molecule has 0 spiro atoms. The molecule has 0 unspecified atom stereocenters. The van der Waals surface area contributed by atoms with Gasteiger partial charge in [-0.3, -0.25) is 4.98 Å². The summed E-state index contributed by atoms with van der Waals surface area (Å²) in [7, 11) is 0. The third-order valence-corrected chi connectivity index (χ3v) is 1.61. The van der Waals surface area contributed by atoms with Crippen LogP contribution >= 0.6 is 0 Å². The van der Waals surface area contributed by atoms with Crippen molar-refractivity contribution in [2.75, 3.05) is 6.54 Å². The number of nitrogens with zero attached hydrogens (tertiary/aromatic N) is 1. The van der Waals surface area contributed by atoms with Crippen LogP contribution in [0.1, 0.15) is 18.0 Å². The monoisotopic (exact) mass is 151 g/mol. The van der Waals surface area contributed by atoms with Crippen LogP contribution < -0.4 is 11.5 Å². The van der Waals surface area contributed by atoms with Gasteiger partial charge < -0.3 is 11.5 Å². The van der Waals surface area contributed by atoms with E-state index in [1.54, 1.807) is 12.4 Å². The highest BCUT2D eigenvalue weighted by Gasteiger charge is 2.02. The van der Waals surface area contributed by atoms with Gasteiger partial charge in [-0.25, -0.2) is 0 Å². The van der Waals surface area contributed by atoms with Crippen LogP contribution in [-0.4, -0.2) is 11.5 Å². The van der Waals surface area contributed by atoms with Crippen LogP contribution in [0.3, 0.4) is 0 Å². The molecule has 3 nitrogen and oxygen atoms in total. The molecule has 4 N–H and O–H groups in total. The maximum absolute atomic E-state index is 5.80. The summed E-state index contributed by atoms with van der Waals surface area (Å²) in [5.74, 6) is 0. The molecule has 0 aliphatic heterocycles. The first-order chi connectivity index (χ1) is 5.34. The zero-order chi connectivity index (χ0) is 8.10. The molecular weight excluding hydrogens is 138 g/mol. The van der Waals surface area contributed by atoms with Gasteiger partial charge in [-0.2, -0.15) is 0 Å². The Balaban J connectivity index is 2.61. The third-order valence-electron chi connectivity index (χ3n) is 1.61. The molecule has 0 saturated heterocycles. The van der Waals surface area contributed by atoms with Crippen LogP contribution in [-0.2, 0) is 0 Å². The molecular formula is C8H13N3. The second-order valence-corrected chi connectivity index (χ2v) is 2.46.